The van der Waals surface area contributed by atoms with E-state index in [1.165, 1.54) is 17.8 Å². The van der Waals surface area contributed by atoms with Crippen LogP contribution in [0, 0.1) is 0 Å². The monoisotopic (exact) mass is 332 g/mol. The molecule has 0 atom stereocenters. The average molecular weight is 333 g/mol. The van der Waals surface area contributed by atoms with E-state index in [9.17, 15) is 13.2 Å². The largest absolute Gasteiger partial charge is 0.417 e. The van der Waals surface area contributed by atoms with E-state index in [4.69, 9.17) is 17.3 Å². The second kappa shape index (κ2) is 6.68. The molecular formula is C14H12ClF3N2S. The Morgan fingerprint density at radius 1 is 1.19 bits per heavy atom. The van der Waals surface area contributed by atoms with Crippen molar-refractivity contribution in [1.29, 1.82) is 0 Å². The minimum atomic E-state index is -4.38. The molecule has 112 valence electrons. The summed E-state index contributed by atoms with van der Waals surface area (Å²) in [5, 5.41) is 1.04. The van der Waals surface area contributed by atoms with E-state index in [0.29, 0.717) is 23.0 Å². The van der Waals surface area contributed by atoms with E-state index in [-0.39, 0.29) is 0 Å². The molecule has 0 aliphatic carbocycles. The van der Waals surface area contributed by atoms with Crippen LogP contribution in [0.5, 0.6) is 0 Å². The first-order chi connectivity index (χ1) is 9.90. The minimum absolute atomic E-state index is 0.475. The highest BCUT2D eigenvalue weighted by atomic mass is 35.5. The van der Waals surface area contributed by atoms with Gasteiger partial charge in [0.2, 0.25) is 0 Å². The predicted molar refractivity (Wildman–Crippen MR) is 77.6 cm³/mol. The number of halogens is 4. The van der Waals surface area contributed by atoms with E-state index in [1.807, 2.05) is 6.07 Å². The molecule has 1 heterocycles. The van der Waals surface area contributed by atoms with Crippen LogP contribution in [0.3, 0.4) is 0 Å². The first kappa shape index (κ1) is 16.1. The first-order valence-electron chi connectivity index (χ1n) is 6.10. The Morgan fingerprint density at radius 3 is 2.52 bits per heavy atom. The molecule has 0 bridgehead atoms. The van der Waals surface area contributed by atoms with Crippen LogP contribution in [-0.4, -0.2) is 11.5 Å². The molecular weight excluding hydrogens is 321 g/mol. The lowest BCUT2D eigenvalue weighted by atomic mass is 10.1. The molecule has 21 heavy (non-hydrogen) atoms. The minimum Gasteiger partial charge on any atom is -0.330 e. The summed E-state index contributed by atoms with van der Waals surface area (Å²) < 4.78 is 37.5. The van der Waals surface area contributed by atoms with Crippen molar-refractivity contribution in [1.82, 2.24) is 4.98 Å². The standard InChI is InChI=1S/C14H12ClF3N2S/c15-11-3-1-9(5-6-19)12(7-11)21-13-4-2-10(8-20-13)14(16,17)18/h1-4,7-8H,5-6,19H2. The Labute approximate surface area is 129 Å². The third kappa shape index (κ3) is 4.36. The average Bonchev–Trinajstić information content (AvgIpc) is 2.42. The van der Waals surface area contributed by atoms with E-state index in [1.54, 1.807) is 12.1 Å². The van der Waals surface area contributed by atoms with Crippen LogP contribution in [-0.2, 0) is 12.6 Å². The van der Waals surface area contributed by atoms with Gasteiger partial charge >= 0.3 is 6.18 Å². The Hall–Kier alpha value is -1.24. The van der Waals surface area contributed by atoms with Crippen molar-refractivity contribution >= 4 is 23.4 Å². The van der Waals surface area contributed by atoms with Gasteiger partial charge < -0.3 is 5.73 Å². The van der Waals surface area contributed by atoms with E-state index in [2.05, 4.69) is 4.98 Å². The molecule has 2 N–H and O–H groups in total. The molecule has 1 aromatic carbocycles. The molecule has 1 aromatic heterocycles. The van der Waals surface area contributed by atoms with Gasteiger partial charge in [0.1, 0.15) is 5.03 Å². The molecule has 2 aromatic rings. The molecule has 0 amide bonds. The fourth-order valence-electron chi connectivity index (χ4n) is 1.71. The molecule has 0 saturated carbocycles. The topological polar surface area (TPSA) is 38.9 Å². The highest BCUT2D eigenvalue weighted by molar-refractivity contribution is 7.99. The maximum atomic E-state index is 12.5. The van der Waals surface area contributed by atoms with Gasteiger partial charge in [-0.1, -0.05) is 29.4 Å². The second-order valence-electron chi connectivity index (χ2n) is 4.28. The molecule has 0 fully saturated rings. The normalized spacial score (nSPS) is 11.7. The van der Waals surface area contributed by atoms with Crippen LogP contribution in [0.4, 0.5) is 13.2 Å². The fraction of sp³-hybridized carbons (Fsp3) is 0.214. The number of hydrogen-bond donors (Lipinski definition) is 1. The quantitative estimate of drug-likeness (QED) is 0.901. The maximum Gasteiger partial charge on any atom is 0.417 e. The van der Waals surface area contributed by atoms with Gasteiger partial charge in [-0.3, -0.25) is 0 Å². The lowest BCUT2D eigenvalue weighted by molar-refractivity contribution is -0.137. The van der Waals surface area contributed by atoms with Gasteiger partial charge in [0, 0.05) is 16.1 Å². The summed E-state index contributed by atoms with van der Waals surface area (Å²) in [7, 11) is 0. The molecule has 0 aliphatic rings. The number of aromatic nitrogens is 1. The van der Waals surface area contributed by atoms with E-state index in [0.717, 1.165) is 22.7 Å². The zero-order valence-corrected chi connectivity index (χ0v) is 12.4. The number of nitrogens with two attached hydrogens (primary N) is 1. The molecule has 0 spiro atoms. The van der Waals surface area contributed by atoms with Crippen LogP contribution < -0.4 is 5.73 Å². The SMILES string of the molecule is NCCc1ccc(Cl)cc1Sc1ccc(C(F)(F)F)cn1. The van der Waals surface area contributed by atoms with Crippen molar-refractivity contribution < 1.29 is 13.2 Å². The summed E-state index contributed by atoms with van der Waals surface area (Å²) in [5.41, 5.74) is 5.78. The summed E-state index contributed by atoms with van der Waals surface area (Å²) in [4.78, 5) is 4.69. The molecule has 0 unspecified atom stereocenters. The third-order valence-corrected chi connectivity index (χ3v) is 4.01. The van der Waals surface area contributed by atoms with Gasteiger partial charge in [0.25, 0.3) is 0 Å². The number of nitrogens with zero attached hydrogens (tertiary/aromatic N) is 1. The number of hydrogen-bond acceptors (Lipinski definition) is 3. The highest BCUT2D eigenvalue weighted by Gasteiger charge is 2.30. The molecule has 2 nitrogen and oxygen atoms in total. The molecule has 0 aliphatic heterocycles. The summed E-state index contributed by atoms with van der Waals surface area (Å²) in [6.07, 6.45) is -2.88. The number of rotatable bonds is 4. The second-order valence-corrected chi connectivity index (χ2v) is 5.77. The smallest absolute Gasteiger partial charge is 0.330 e. The Balaban J connectivity index is 2.23. The number of pyridine rings is 1. The van der Waals surface area contributed by atoms with Gasteiger partial charge in [-0.25, -0.2) is 4.98 Å². The predicted octanol–water partition coefficient (Wildman–Crippen LogP) is 4.41. The Morgan fingerprint density at radius 2 is 1.95 bits per heavy atom. The summed E-state index contributed by atoms with van der Waals surface area (Å²) in [5.74, 6) is 0. The van der Waals surface area contributed by atoms with Crippen molar-refractivity contribution in [2.75, 3.05) is 6.54 Å². The summed E-state index contributed by atoms with van der Waals surface area (Å²) >= 11 is 7.22. The lowest BCUT2D eigenvalue weighted by Crippen LogP contribution is -2.05. The van der Waals surface area contributed by atoms with Gasteiger partial charge in [-0.05, 0) is 42.8 Å². The third-order valence-electron chi connectivity index (χ3n) is 2.72. The maximum absolute atomic E-state index is 12.5. The van der Waals surface area contributed by atoms with Crippen LogP contribution in [0.1, 0.15) is 11.1 Å². The molecule has 0 radical (unpaired) electrons. The molecule has 2 rings (SSSR count). The van der Waals surface area contributed by atoms with E-state index >= 15 is 0 Å². The van der Waals surface area contributed by atoms with Crippen molar-refractivity contribution in [2.45, 2.75) is 22.5 Å². The van der Waals surface area contributed by atoms with Gasteiger partial charge in [0.15, 0.2) is 0 Å². The van der Waals surface area contributed by atoms with Crippen LogP contribution >= 0.6 is 23.4 Å². The van der Waals surface area contributed by atoms with Gasteiger partial charge in [-0.15, -0.1) is 0 Å². The molecule has 7 heteroatoms. The van der Waals surface area contributed by atoms with Crippen molar-refractivity contribution in [2.24, 2.45) is 5.73 Å². The highest BCUT2D eigenvalue weighted by Crippen LogP contribution is 2.34. The first-order valence-corrected chi connectivity index (χ1v) is 7.29. The fourth-order valence-corrected chi connectivity index (χ4v) is 2.90. The van der Waals surface area contributed by atoms with Crippen molar-refractivity contribution in [3.05, 3.63) is 52.7 Å². The van der Waals surface area contributed by atoms with Crippen molar-refractivity contribution in [3.63, 3.8) is 0 Å². The molecule has 0 saturated heterocycles. The van der Waals surface area contributed by atoms with Crippen molar-refractivity contribution in [3.8, 4) is 0 Å². The Bertz CT molecular complexity index is 615. The summed E-state index contributed by atoms with van der Waals surface area (Å²) in [6, 6.07) is 7.75. The van der Waals surface area contributed by atoms with E-state index < -0.39 is 11.7 Å². The summed E-state index contributed by atoms with van der Waals surface area (Å²) in [6.45, 7) is 0.482. The zero-order valence-electron chi connectivity index (χ0n) is 10.8. The van der Waals surface area contributed by atoms with Gasteiger partial charge in [0.05, 0.1) is 5.56 Å². The van der Waals surface area contributed by atoms with Crippen LogP contribution in [0.15, 0.2) is 46.5 Å². The number of alkyl halides is 3. The van der Waals surface area contributed by atoms with Crippen LogP contribution in [0.25, 0.3) is 0 Å². The zero-order chi connectivity index (χ0) is 15.5. The van der Waals surface area contributed by atoms with Crippen LogP contribution in [0.2, 0.25) is 5.02 Å². The Kier molecular flexibility index (Phi) is 5.13. The lowest BCUT2D eigenvalue weighted by Gasteiger charge is -2.10. The number of benzene rings is 1. The van der Waals surface area contributed by atoms with Gasteiger partial charge in [-0.2, -0.15) is 13.2 Å².